The maximum Gasteiger partial charge on any atom is 0.416 e. The molecule has 0 radical (unpaired) electrons. The summed E-state index contributed by atoms with van der Waals surface area (Å²) in [4.78, 5) is 38.2. The van der Waals surface area contributed by atoms with E-state index in [1.165, 1.54) is 11.0 Å². The Hall–Kier alpha value is -2.58. The van der Waals surface area contributed by atoms with Crippen molar-refractivity contribution in [2.75, 3.05) is 13.1 Å². The van der Waals surface area contributed by atoms with Crippen molar-refractivity contribution in [3.63, 3.8) is 0 Å². The highest BCUT2D eigenvalue weighted by Gasteiger charge is 2.52. The van der Waals surface area contributed by atoms with E-state index < -0.39 is 28.7 Å². The fraction of sp³-hybridized carbons (Fsp3) is 0.591. The summed E-state index contributed by atoms with van der Waals surface area (Å²) >= 11 is 0. The van der Waals surface area contributed by atoms with Gasteiger partial charge in [0.25, 0.3) is 5.91 Å². The Morgan fingerprint density at radius 1 is 1.16 bits per heavy atom. The number of urea groups is 1. The molecule has 1 heterocycles. The van der Waals surface area contributed by atoms with Crippen LogP contribution in [-0.2, 0) is 21.2 Å². The van der Waals surface area contributed by atoms with Crippen LogP contribution in [0.15, 0.2) is 24.3 Å². The average Bonchev–Trinajstić information content (AvgIpc) is 3.26. The highest BCUT2D eigenvalue weighted by Crippen LogP contribution is 2.35. The van der Waals surface area contributed by atoms with Gasteiger partial charge in [-0.1, -0.05) is 44.9 Å². The van der Waals surface area contributed by atoms with E-state index in [4.69, 9.17) is 0 Å². The van der Waals surface area contributed by atoms with Gasteiger partial charge in [0.2, 0.25) is 5.91 Å². The summed E-state index contributed by atoms with van der Waals surface area (Å²) < 4.78 is 38.9. The first-order valence-electron chi connectivity index (χ1n) is 10.5. The van der Waals surface area contributed by atoms with Crippen molar-refractivity contribution in [1.82, 2.24) is 15.5 Å². The lowest BCUT2D eigenvalue weighted by atomic mass is 9.83. The monoisotopic (exact) mass is 439 g/mol. The molecule has 1 saturated heterocycles. The van der Waals surface area contributed by atoms with E-state index in [0.29, 0.717) is 24.8 Å². The van der Waals surface area contributed by atoms with Crippen LogP contribution in [-0.4, -0.2) is 41.4 Å². The first-order valence-corrected chi connectivity index (χ1v) is 10.5. The number of carbonyl (C=O) groups is 3. The summed E-state index contributed by atoms with van der Waals surface area (Å²) in [5.41, 5.74) is -1.70. The third kappa shape index (κ3) is 5.02. The maximum atomic E-state index is 13.0. The Morgan fingerprint density at radius 2 is 1.81 bits per heavy atom. The molecule has 1 aliphatic carbocycles. The van der Waals surface area contributed by atoms with Gasteiger partial charge < -0.3 is 10.6 Å². The second kappa shape index (κ2) is 8.51. The molecule has 1 aromatic carbocycles. The summed E-state index contributed by atoms with van der Waals surface area (Å²) in [7, 11) is 0. The van der Waals surface area contributed by atoms with Crippen LogP contribution in [0.25, 0.3) is 0 Å². The molecule has 170 valence electrons. The summed E-state index contributed by atoms with van der Waals surface area (Å²) in [6.07, 6.45) is -0.869. The van der Waals surface area contributed by atoms with E-state index in [1.807, 2.05) is 0 Å². The average molecular weight is 439 g/mol. The first-order chi connectivity index (χ1) is 14.4. The van der Waals surface area contributed by atoms with Gasteiger partial charge in [0.15, 0.2) is 0 Å². The number of nitrogens with one attached hydrogen (secondary N) is 2. The van der Waals surface area contributed by atoms with E-state index >= 15 is 0 Å². The lowest BCUT2D eigenvalue weighted by molar-refractivity contribution is -0.137. The van der Waals surface area contributed by atoms with Crippen molar-refractivity contribution in [2.24, 2.45) is 0 Å². The molecule has 9 heteroatoms. The topological polar surface area (TPSA) is 78.5 Å². The van der Waals surface area contributed by atoms with E-state index in [0.717, 1.165) is 25.0 Å². The first kappa shape index (κ1) is 23.1. The van der Waals surface area contributed by atoms with Crippen molar-refractivity contribution in [2.45, 2.75) is 69.5 Å². The van der Waals surface area contributed by atoms with Crippen LogP contribution in [0.1, 0.15) is 63.5 Å². The molecule has 1 aliphatic heterocycles. The molecule has 2 aliphatic rings. The van der Waals surface area contributed by atoms with Crippen molar-refractivity contribution in [3.05, 3.63) is 35.4 Å². The number of benzene rings is 1. The van der Waals surface area contributed by atoms with E-state index in [-0.39, 0.29) is 31.3 Å². The Balaban J connectivity index is 1.48. The standard InChI is InChI=1S/C22H28F3N3O3/c1-20(2,15-7-5-8-16(13-15)22(23,24)25)14-26-17(29)9-6-12-28-18(30)21(27-19(28)31)10-3-4-11-21/h5,7-8,13H,3-4,6,9-12,14H2,1-2H3,(H,26,29)(H,27,31). The molecule has 4 amide bonds. The molecule has 3 rings (SSSR count). The van der Waals surface area contributed by atoms with Gasteiger partial charge in [-0.3, -0.25) is 14.5 Å². The second-order valence-electron chi connectivity index (χ2n) is 9.02. The number of rotatable bonds is 7. The van der Waals surface area contributed by atoms with Crippen LogP contribution in [0.3, 0.4) is 0 Å². The highest BCUT2D eigenvalue weighted by molar-refractivity contribution is 6.07. The fourth-order valence-electron chi connectivity index (χ4n) is 4.22. The number of amides is 4. The van der Waals surface area contributed by atoms with Crippen LogP contribution < -0.4 is 10.6 Å². The van der Waals surface area contributed by atoms with Crippen LogP contribution >= 0.6 is 0 Å². The van der Waals surface area contributed by atoms with Crippen molar-refractivity contribution in [1.29, 1.82) is 0 Å². The molecule has 2 fully saturated rings. The molecule has 1 spiro atoms. The molecule has 1 saturated carbocycles. The molecule has 6 nitrogen and oxygen atoms in total. The summed E-state index contributed by atoms with van der Waals surface area (Å²) in [5, 5.41) is 5.55. The molecule has 0 atom stereocenters. The van der Waals surface area contributed by atoms with E-state index in [1.54, 1.807) is 19.9 Å². The molecule has 31 heavy (non-hydrogen) atoms. The summed E-state index contributed by atoms with van der Waals surface area (Å²) in [5.74, 6) is -0.483. The van der Waals surface area contributed by atoms with Crippen LogP contribution in [0, 0.1) is 0 Å². The molecule has 0 aromatic heterocycles. The molecule has 0 bridgehead atoms. The highest BCUT2D eigenvalue weighted by atomic mass is 19.4. The number of alkyl halides is 3. The summed E-state index contributed by atoms with van der Waals surface area (Å²) in [6.45, 7) is 3.85. The summed E-state index contributed by atoms with van der Waals surface area (Å²) in [6, 6.07) is 4.68. The zero-order valence-electron chi connectivity index (χ0n) is 17.8. The van der Waals surface area contributed by atoms with E-state index in [2.05, 4.69) is 10.6 Å². The third-order valence-electron chi connectivity index (χ3n) is 6.19. The largest absolute Gasteiger partial charge is 0.416 e. The predicted octanol–water partition coefficient (Wildman–Crippen LogP) is 3.74. The fourth-order valence-corrected chi connectivity index (χ4v) is 4.22. The number of halogens is 3. The zero-order chi connectivity index (χ0) is 22.9. The smallest absolute Gasteiger partial charge is 0.355 e. The zero-order valence-corrected chi connectivity index (χ0v) is 17.8. The molecular weight excluding hydrogens is 411 g/mol. The number of nitrogens with zero attached hydrogens (tertiary/aromatic N) is 1. The Morgan fingerprint density at radius 3 is 2.45 bits per heavy atom. The number of carbonyl (C=O) groups excluding carboxylic acids is 3. The SMILES string of the molecule is CC(C)(CNC(=O)CCCN1C(=O)NC2(CCCC2)C1=O)c1cccc(C(F)(F)F)c1. The van der Waals surface area contributed by atoms with Gasteiger partial charge in [0, 0.05) is 24.9 Å². The Kier molecular flexibility index (Phi) is 6.34. The van der Waals surface area contributed by atoms with Crippen molar-refractivity contribution < 1.29 is 27.6 Å². The minimum absolute atomic E-state index is 0.114. The van der Waals surface area contributed by atoms with Gasteiger partial charge >= 0.3 is 12.2 Å². The molecule has 2 N–H and O–H groups in total. The molecule has 1 aromatic rings. The number of imide groups is 1. The maximum absolute atomic E-state index is 13.0. The van der Waals surface area contributed by atoms with Gasteiger partial charge in [-0.2, -0.15) is 13.2 Å². The number of hydrogen-bond donors (Lipinski definition) is 2. The minimum atomic E-state index is -4.42. The van der Waals surface area contributed by atoms with Crippen molar-refractivity contribution in [3.8, 4) is 0 Å². The van der Waals surface area contributed by atoms with Gasteiger partial charge in [-0.05, 0) is 30.9 Å². The Bertz CT molecular complexity index is 861. The van der Waals surface area contributed by atoms with Crippen LogP contribution in [0.5, 0.6) is 0 Å². The number of hydrogen-bond acceptors (Lipinski definition) is 3. The Labute approximate surface area is 179 Å². The predicted molar refractivity (Wildman–Crippen MR) is 108 cm³/mol. The second-order valence-corrected chi connectivity index (χ2v) is 9.02. The van der Waals surface area contributed by atoms with Gasteiger partial charge in [-0.25, -0.2) is 4.79 Å². The van der Waals surface area contributed by atoms with Gasteiger partial charge in [-0.15, -0.1) is 0 Å². The lowest BCUT2D eigenvalue weighted by Crippen LogP contribution is -2.44. The molecular formula is C22H28F3N3O3. The van der Waals surface area contributed by atoms with Gasteiger partial charge in [0.05, 0.1) is 5.56 Å². The quantitative estimate of drug-likeness (QED) is 0.636. The van der Waals surface area contributed by atoms with Crippen LogP contribution in [0.2, 0.25) is 0 Å². The third-order valence-corrected chi connectivity index (χ3v) is 6.19. The normalized spacial score (nSPS) is 18.5. The minimum Gasteiger partial charge on any atom is -0.355 e. The molecule has 0 unspecified atom stereocenters. The van der Waals surface area contributed by atoms with Crippen molar-refractivity contribution >= 4 is 17.8 Å². The van der Waals surface area contributed by atoms with Crippen LogP contribution in [0.4, 0.5) is 18.0 Å². The van der Waals surface area contributed by atoms with E-state index in [9.17, 15) is 27.6 Å². The lowest BCUT2D eigenvalue weighted by Gasteiger charge is -2.26. The van der Waals surface area contributed by atoms with Gasteiger partial charge in [0.1, 0.15) is 5.54 Å².